The molecule has 0 amide bonds. The molecule has 0 radical (unpaired) electrons. The number of nitrogens with one attached hydrogen (secondary N) is 1. The lowest BCUT2D eigenvalue weighted by atomic mass is 9.90. The Bertz CT molecular complexity index is 155. The predicted octanol–water partition coefficient (Wildman–Crippen LogP) is 1.53. The largest absolute Gasteiger partial charge is 0.477 e. The standard InChI is InChI=1S/C7H13NO2/c1-7(2,3)4-5(8)6(9)10/h8H,4H2,1-3H3,(H,9,10). The number of aliphatic carboxylic acids is 1. The highest BCUT2D eigenvalue weighted by atomic mass is 16.4. The molecule has 3 heteroatoms. The Balaban J connectivity index is 3.93. The molecule has 0 heterocycles. The number of carboxylic acid groups (broad SMARTS) is 1. The molecule has 0 aliphatic rings. The van der Waals surface area contributed by atoms with Crippen LogP contribution in [0.1, 0.15) is 27.2 Å². The van der Waals surface area contributed by atoms with E-state index in [9.17, 15) is 4.79 Å². The van der Waals surface area contributed by atoms with Crippen molar-refractivity contribution in [3.8, 4) is 0 Å². The number of carboxylic acids is 1. The second kappa shape index (κ2) is 2.82. The maximum absolute atomic E-state index is 10.2. The quantitative estimate of drug-likeness (QED) is 0.576. The van der Waals surface area contributed by atoms with Gasteiger partial charge in [0, 0.05) is 6.42 Å². The van der Waals surface area contributed by atoms with Crippen molar-refractivity contribution in [3.05, 3.63) is 0 Å². The van der Waals surface area contributed by atoms with Gasteiger partial charge in [-0.15, -0.1) is 0 Å². The van der Waals surface area contributed by atoms with Crippen LogP contribution in [0.25, 0.3) is 0 Å². The number of hydrogen-bond acceptors (Lipinski definition) is 2. The second-order valence-corrected chi connectivity index (χ2v) is 3.52. The van der Waals surface area contributed by atoms with Gasteiger partial charge in [-0.05, 0) is 5.41 Å². The fourth-order valence-electron chi connectivity index (χ4n) is 0.606. The van der Waals surface area contributed by atoms with Gasteiger partial charge in [0.1, 0.15) is 5.71 Å². The third-order valence-electron chi connectivity index (χ3n) is 0.965. The molecule has 0 aliphatic carbocycles. The molecular weight excluding hydrogens is 130 g/mol. The van der Waals surface area contributed by atoms with Crippen LogP contribution in [-0.2, 0) is 4.79 Å². The lowest BCUT2D eigenvalue weighted by molar-refractivity contribution is -0.129. The van der Waals surface area contributed by atoms with E-state index in [1.807, 2.05) is 20.8 Å². The summed E-state index contributed by atoms with van der Waals surface area (Å²) in [7, 11) is 0. The van der Waals surface area contributed by atoms with Crippen LogP contribution in [0.4, 0.5) is 0 Å². The van der Waals surface area contributed by atoms with Crippen LogP contribution in [0.15, 0.2) is 0 Å². The Labute approximate surface area is 60.6 Å². The van der Waals surface area contributed by atoms with E-state index in [1.54, 1.807) is 0 Å². The molecule has 3 nitrogen and oxygen atoms in total. The van der Waals surface area contributed by atoms with Crippen LogP contribution in [-0.4, -0.2) is 16.8 Å². The van der Waals surface area contributed by atoms with Gasteiger partial charge in [0.15, 0.2) is 0 Å². The first-order valence-corrected chi connectivity index (χ1v) is 3.13. The van der Waals surface area contributed by atoms with E-state index in [0.717, 1.165) is 0 Å². The van der Waals surface area contributed by atoms with Gasteiger partial charge >= 0.3 is 5.97 Å². The second-order valence-electron chi connectivity index (χ2n) is 3.52. The first-order chi connectivity index (χ1) is 4.33. The third kappa shape index (κ3) is 4.06. The molecule has 0 aromatic carbocycles. The summed E-state index contributed by atoms with van der Waals surface area (Å²) in [5.74, 6) is -1.12. The van der Waals surface area contributed by atoms with E-state index in [4.69, 9.17) is 10.5 Å². The number of hydrogen-bond donors (Lipinski definition) is 2. The van der Waals surface area contributed by atoms with Crippen molar-refractivity contribution in [2.24, 2.45) is 5.41 Å². The first-order valence-electron chi connectivity index (χ1n) is 3.13. The molecule has 0 unspecified atom stereocenters. The molecule has 58 valence electrons. The molecule has 0 fully saturated rings. The van der Waals surface area contributed by atoms with Crippen LogP contribution in [0.3, 0.4) is 0 Å². The molecule has 0 aromatic rings. The Morgan fingerprint density at radius 2 is 1.90 bits per heavy atom. The molecule has 0 saturated carbocycles. The minimum atomic E-state index is -1.12. The van der Waals surface area contributed by atoms with Gasteiger partial charge in [0.25, 0.3) is 0 Å². The van der Waals surface area contributed by atoms with Crippen LogP contribution in [0, 0.1) is 10.8 Å². The van der Waals surface area contributed by atoms with E-state index in [-0.39, 0.29) is 11.1 Å². The Morgan fingerprint density at radius 3 is 2.00 bits per heavy atom. The number of carbonyl (C=O) groups is 1. The molecule has 0 aromatic heterocycles. The van der Waals surface area contributed by atoms with Gasteiger partial charge in [-0.3, -0.25) is 5.41 Å². The Morgan fingerprint density at radius 1 is 1.50 bits per heavy atom. The summed E-state index contributed by atoms with van der Waals surface area (Å²) in [6, 6.07) is 0. The van der Waals surface area contributed by atoms with Gasteiger partial charge in [0.2, 0.25) is 0 Å². The number of rotatable bonds is 2. The normalized spacial score (nSPS) is 11.1. The van der Waals surface area contributed by atoms with Crippen molar-refractivity contribution in [1.82, 2.24) is 0 Å². The van der Waals surface area contributed by atoms with Crippen LogP contribution >= 0.6 is 0 Å². The highest BCUT2D eigenvalue weighted by Crippen LogP contribution is 2.18. The summed E-state index contributed by atoms with van der Waals surface area (Å²) in [4.78, 5) is 10.2. The molecule has 0 bridgehead atoms. The van der Waals surface area contributed by atoms with Crippen molar-refractivity contribution in [2.45, 2.75) is 27.2 Å². The van der Waals surface area contributed by atoms with E-state index < -0.39 is 5.97 Å². The third-order valence-corrected chi connectivity index (χ3v) is 0.965. The first kappa shape index (κ1) is 9.14. The van der Waals surface area contributed by atoms with Crippen molar-refractivity contribution < 1.29 is 9.90 Å². The van der Waals surface area contributed by atoms with Crippen molar-refractivity contribution >= 4 is 11.7 Å². The highest BCUT2D eigenvalue weighted by molar-refractivity contribution is 6.34. The minimum absolute atomic E-state index is 0.102. The summed E-state index contributed by atoms with van der Waals surface area (Å²) in [6.45, 7) is 5.72. The van der Waals surface area contributed by atoms with E-state index in [2.05, 4.69) is 0 Å². The topological polar surface area (TPSA) is 61.2 Å². The van der Waals surface area contributed by atoms with Crippen molar-refractivity contribution in [3.63, 3.8) is 0 Å². The van der Waals surface area contributed by atoms with Gasteiger partial charge < -0.3 is 5.11 Å². The molecule has 0 aliphatic heterocycles. The molecule has 0 atom stereocenters. The van der Waals surface area contributed by atoms with Gasteiger partial charge in [-0.25, -0.2) is 4.79 Å². The molecule has 0 rings (SSSR count). The SMILES string of the molecule is CC(C)(C)CC(=N)C(=O)O. The van der Waals surface area contributed by atoms with E-state index >= 15 is 0 Å². The maximum atomic E-state index is 10.2. The lowest BCUT2D eigenvalue weighted by Crippen LogP contribution is -2.19. The Kier molecular flexibility index (Phi) is 2.57. The Hall–Kier alpha value is -0.860. The minimum Gasteiger partial charge on any atom is -0.477 e. The van der Waals surface area contributed by atoms with Gasteiger partial charge in [-0.1, -0.05) is 20.8 Å². The van der Waals surface area contributed by atoms with E-state index in [1.165, 1.54) is 0 Å². The van der Waals surface area contributed by atoms with Crippen molar-refractivity contribution in [1.29, 1.82) is 5.41 Å². The zero-order chi connectivity index (χ0) is 8.36. The zero-order valence-corrected chi connectivity index (χ0v) is 6.56. The van der Waals surface area contributed by atoms with E-state index in [0.29, 0.717) is 6.42 Å². The average Bonchev–Trinajstić information content (AvgIpc) is 1.60. The fraction of sp³-hybridized carbons (Fsp3) is 0.714. The zero-order valence-electron chi connectivity index (χ0n) is 6.56. The van der Waals surface area contributed by atoms with Crippen molar-refractivity contribution in [2.75, 3.05) is 0 Å². The average molecular weight is 143 g/mol. The van der Waals surface area contributed by atoms with Gasteiger partial charge in [0.05, 0.1) is 0 Å². The van der Waals surface area contributed by atoms with Crippen LogP contribution in [0.5, 0.6) is 0 Å². The predicted molar refractivity (Wildman–Crippen MR) is 39.4 cm³/mol. The van der Waals surface area contributed by atoms with Crippen LogP contribution < -0.4 is 0 Å². The molecule has 0 saturated heterocycles. The summed E-state index contributed by atoms with van der Waals surface area (Å²) < 4.78 is 0. The molecule has 2 N–H and O–H groups in total. The fourth-order valence-corrected chi connectivity index (χ4v) is 0.606. The molecule has 0 spiro atoms. The lowest BCUT2D eigenvalue weighted by Gasteiger charge is -2.16. The summed E-state index contributed by atoms with van der Waals surface area (Å²) in [5.41, 5.74) is -0.317. The summed E-state index contributed by atoms with van der Waals surface area (Å²) >= 11 is 0. The monoisotopic (exact) mass is 143 g/mol. The summed E-state index contributed by atoms with van der Waals surface area (Å²) in [5, 5.41) is 15.3. The maximum Gasteiger partial charge on any atom is 0.349 e. The molecule has 10 heavy (non-hydrogen) atoms. The van der Waals surface area contributed by atoms with Gasteiger partial charge in [-0.2, -0.15) is 0 Å². The van der Waals surface area contributed by atoms with Crippen LogP contribution in [0.2, 0.25) is 0 Å². The highest BCUT2D eigenvalue weighted by Gasteiger charge is 2.17. The smallest absolute Gasteiger partial charge is 0.349 e. The summed E-state index contributed by atoms with van der Waals surface area (Å²) in [6.07, 6.45) is 0.322. The molecular formula is C7H13NO2.